The lowest BCUT2D eigenvalue weighted by Crippen LogP contribution is -2.40. The number of carbonyl (C=O) groups excluding carboxylic acids is 1. The maximum Gasteiger partial charge on any atom is 0.266 e. The van der Waals surface area contributed by atoms with Crippen molar-refractivity contribution < 1.29 is 9.53 Å². The van der Waals surface area contributed by atoms with E-state index in [9.17, 15) is 4.79 Å². The number of fused-ring (bicyclic) bond motifs is 2. The van der Waals surface area contributed by atoms with E-state index in [2.05, 4.69) is 13.0 Å². The number of morpholine rings is 1. The van der Waals surface area contributed by atoms with Gasteiger partial charge in [0.15, 0.2) is 0 Å². The first-order valence-corrected chi connectivity index (χ1v) is 9.03. The van der Waals surface area contributed by atoms with Crippen molar-refractivity contribution in [2.45, 2.75) is 26.2 Å². The van der Waals surface area contributed by atoms with Crippen LogP contribution in [0.1, 0.15) is 34.3 Å². The van der Waals surface area contributed by atoms with Crippen LogP contribution in [0, 0.1) is 5.92 Å². The van der Waals surface area contributed by atoms with Crippen LogP contribution in [0.4, 0.5) is 5.69 Å². The van der Waals surface area contributed by atoms with Gasteiger partial charge in [0.25, 0.3) is 5.91 Å². The zero-order valence-electron chi connectivity index (χ0n) is 13.3. The molecule has 4 rings (SSSR count). The van der Waals surface area contributed by atoms with Gasteiger partial charge in [0.05, 0.1) is 18.9 Å². The van der Waals surface area contributed by atoms with Crippen LogP contribution in [0.25, 0.3) is 10.2 Å². The van der Waals surface area contributed by atoms with E-state index in [1.54, 1.807) is 0 Å². The van der Waals surface area contributed by atoms with Crippen LogP contribution >= 0.6 is 11.3 Å². The lowest BCUT2D eigenvalue weighted by molar-refractivity contribution is 0.0307. The van der Waals surface area contributed by atoms with Crippen molar-refractivity contribution in [3.63, 3.8) is 0 Å². The number of aromatic nitrogens is 1. The molecule has 2 N–H and O–H groups in total. The molecule has 2 aromatic rings. The standard InChI is InChI=1S/C17H21N3O2S/c1-10-2-3-13-11(8-10)9-12-14(18)15(23-16(12)19-13)17(21)20-4-6-22-7-5-20/h9-10H,2-8,18H2,1H3. The Labute approximate surface area is 139 Å². The molecule has 2 aromatic heterocycles. The molecule has 6 heteroatoms. The molecule has 1 saturated heterocycles. The highest BCUT2D eigenvalue weighted by Gasteiger charge is 2.25. The summed E-state index contributed by atoms with van der Waals surface area (Å²) >= 11 is 1.43. The Morgan fingerprint density at radius 2 is 2.22 bits per heavy atom. The molecule has 0 radical (unpaired) electrons. The van der Waals surface area contributed by atoms with Crippen LogP contribution in [0.5, 0.6) is 0 Å². The van der Waals surface area contributed by atoms with Crippen molar-refractivity contribution in [1.82, 2.24) is 9.88 Å². The van der Waals surface area contributed by atoms with Gasteiger partial charge in [-0.2, -0.15) is 0 Å². The highest BCUT2D eigenvalue weighted by molar-refractivity contribution is 7.21. The number of pyridine rings is 1. The van der Waals surface area contributed by atoms with Gasteiger partial charge in [-0.1, -0.05) is 6.92 Å². The number of ether oxygens (including phenoxy) is 1. The van der Waals surface area contributed by atoms with Gasteiger partial charge in [0, 0.05) is 24.2 Å². The van der Waals surface area contributed by atoms with Gasteiger partial charge in [-0.05, 0) is 36.8 Å². The number of nitrogens with two attached hydrogens (primary N) is 1. The minimum absolute atomic E-state index is 0.0140. The Hall–Kier alpha value is -1.66. The van der Waals surface area contributed by atoms with Gasteiger partial charge >= 0.3 is 0 Å². The quantitative estimate of drug-likeness (QED) is 0.871. The lowest BCUT2D eigenvalue weighted by Gasteiger charge is -2.26. The number of carbonyl (C=O) groups is 1. The number of amides is 1. The third-order valence-electron chi connectivity index (χ3n) is 4.82. The zero-order chi connectivity index (χ0) is 16.0. The van der Waals surface area contributed by atoms with Crippen LogP contribution in [-0.4, -0.2) is 42.1 Å². The van der Waals surface area contributed by atoms with Crippen molar-refractivity contribution in [2.75, 3.05) is 32.0 Å². The van der Waals surface area contributed by atoms with Gasteiger partial charge in [-0.3, -0.25) is 4.79 Å². The zero-order valence-corrected chi connectivity index (χ0v) is 14.1. The molecule has 1 aliphatic heterocycles. The number of hydrogen-bond acceptors (Lipinski definition) is 5. The van der Waals surface area contributed by atoms with E-state index < -0.39 is 0 Å². The summed E-state index contributed by atoms with van der Waals surface area (Å²) in [6.45, 7) is 4.74. The fraction of sp³-hybridized carbons (Fsp3) is 0.529. The molecule has 0 spiro atoms. The van der Waals surface area contributed by atoms with Crippen LogP contribution < -0.4 is 5.73 Å². The summed E-state index contributed by atoms with van der Waals surface area (Å²) in [6.07, 6.45) is 3.27. The summed E-state index contributed by atoms with van der Waals surface area (Å²) in [5.41, 5.74) is 9.38. The van der Waals surface area contributed by atoms with E-state index >= 15 is 0 Å². The molecule has 1 amide bonds. The molecule has 1 atom stereocenters. The highest BCUT2D eigenvalue weighted by Crippen LogP contribution is 2.36. The fourth-order valence-electron chi connectivity index (χ4n) is 3.44. The Balaban J connectivity index is 1.73. The predicted octanol–water partition coefficient (Wildman–Crippen LogP) is 2.48. The Bertz CT molecular complexity index is 765. The van der Waals surface area contributed by atoms with Gasteiger partial charge in [-0.15, -0.1) is 11.3 Å². The predicted molar refractivity (Wildman–Crippen MR) is 91.9 cm³/mol. The van der Waals surface area contributed by atoms with Crippen molar-refractivity contribution in [3.05, 3.63) is 22.2 Å². The molecular weight excluding hydrogens is 310 g/mol. The maximum atomic E-state index is 12.7. The fourth-order valence-corrected chi connectivity index (χ4v) is 4.51. The van der Waals surface area contributed by atoms with Crippen molar-refractivity contribution in [2.24, 2.45) is 5.92 Å². The van der Waals surface area contributed by atoms with Gasteiger partial charge in [-0.25, -0.2) is 4.98 Å². The number of thiophene rings is 1. The number of rotatable bonds is 1. The van der Waals surface area contributed by atoms with Gasteiger partial charge in [0.2, 0.25) is 0 Å². The van der Waals surface area contributed by atoms with Crippen LogP contribution in [0.3, 0.4) is 0 Å². The summed E-state index contributed by atoms with van der Waals surface area (Å²) in [5, 5.41) is 0.944. The Morgan fingerprint density at radius 3 is 3.00 bits per heavy atom. The minimum Gasteiger partial charge on any atom is -0.397 e. The maximum absolute atomic E-state index is 12.7. The summed E-state index contributed by atoms with van der Waals surface area (Å²) in [6, 6.07) is 2.16. The second-order valence-corrected chi connectivity index (χ2v) is 7.54. The molecule has 1 unspecified atom stereocenters. The Morgan fingerprint density at radius 1 is 1.43 bits per heavy atom. The summed E-state index contributed by atoms with van der Waals surface area (Å²) in [4.78, 5) is 20.9. The van der Waals surface area contributed by atoms with Crippen LogP contribution in [-0.2, 0) is 17.6 Å². The second kappa shape index (κ2) is 5.76. The van der Waals surface area contributed by atoms with Crippen molar-refractivity contribution >= 4 is 33.1 Å². The van der Waals surface area contributed by atoms with Gasteiger partial charge in [0.1, 0.15) is 9.71 Å². The largest absolute Gasteiger partial charge is 0.397 e. The highest BCUT2D eigenvalue weighted by atomic mass is 32.1. The van der Waals surface area contributed by atoms with E-state index in [1.807, 2.05) is 4.90 Å². The first-order valence-electron chi connectivity index (χ1n) is 8.21. The summed E-state index contributed by atoms with van der Waals surface area (Å²) in [7, 11) is 0. The average Bonchev–Trinajstić information content (AvgIpc) is 2.89. The third-order valence-corrected chi connectivity index (χ3v) is 5.93. The lowest BCUT2D eigenvalue weighted by atomic mass is 9.87. The number of hydrogen-bond donors (Lipinski definition) is 1. The third kappa shape index (κ3) is 2.60. The number of anilines is 1. The molecule has 5 nitrogen and oxygen atoms in total. The molecule has 2 aliphatic rings. The normalized spacial score (nSPS) is 21.4. The summed E-state index contributed by atoms with van der Waals surface area (Å²) in [5.74, 6) is 0.705. The van der Waals surface area contributed by atoms with E-state index in [0.29, 0.717) is 42.8 Å². The van der Waals surface area contributed by atoms with Crippen LogP contribution in [0.15, 0.2) is 6.07 Å². The first kappa shape index (κ1) is 14.9. The molecular formula is C17H21N3O2S. The average molecular weight is 331 g/mol. The number of nitrogens with zero attached hydrogens (tertiary/aromatic N) is 2. The smallest absolute Gasteiger partial charge is 0.266 e. The number of aryl methyl sites for hydroxylation is 1. The molecule has 1 fully saturated rings. The van der Waals surface area contributed by atoms with Gasteiger partial charge < -0.3 is 15.4 Å². The van der Waals surface area contributed by atoms with E-state index in [-0.39, 0.29) is 5.91 Å². The Kier molecular flexibility index (Phi) is 3.73. The second-order valence-electron chi connectivity index (χ2n) is 6.54. The molecule has 3 heterocycles. The molecule has 122 valence electrons. The molecule has 1 aliphatic carbocycles. The summed E-state index contributed by atoms with van der Waals surface area (Å²) < 4.78 is 5.32. The van der Waals surface area contributed by atoms with Crippen LogP contribution in [0.2, 0.25) is 0 Å². The van der Waals surface area contributed by atoms with E-state index in [0.717, 1.165) is 23.1 Å². The molecule has 0 bridgehead atoms. The monoisotopic (exact) mass is 331 g/mol. The molecule has 23 heavy (non-hydrogen) atoms. The topological polar surface area (TPSA) is 68.5 Å². The molecule has 0 saturated carbocycles. The van der Waals surface area contributed by atoms with E-state index in [1.165, 1.54) is 29.0 Å². The minimum atomic E-state index is 0.0140. The van der Waals surface area contributed by atoms with Crippen molar-refractivity contribution in [1.29, 1.82) is 0 Å². The first-order chi connectivity index (χ1) is 11.1. The SMILES string of the molecule is CC1CCc2nc3sc(C(=O)N4CCOCC4)c(N)c3cc2C1. The van der Waals surface area contributed by atoms with E-state index in [4.69, 9.17) is 15.5 Å². The van der Waals surface area contributed by atoms with Crippen molar-refractivity contribution in [3.8, 4) is 0 Å². The number of nitrogen functional groups attached to an aromatic ring is 1. The molecule has 0 aromatic carbocycles.